The highest BCUT2D eigenvalue weighted by Crippen LogP contribution is 2.38. The molecular weight excluding hydrogens is 246 g/mol. The van der Waals surface area contributed by atoms with Gasteiger partial charge in [0.15, 0.2) is 0 Å². The van der Waals surface area contributed by atoms with Crippen LogP contribution in [0, 0.1) is 5.92 Å². The predicted octanol–water partition coefficient (Wildman–Crippen LogP) is 1.36. The van der Waals surface area contributed by atoms with E-state index in [1.54, 1.807) is 7.11 Å². The zero-order valence-corrected chi connectivity index (χ0v) is 12.4. The third kappa shape index (κ3) is 4.16. The number of ether oxygens (including phenoxy) is 3. The van der Waals surface area contributed by atoms with Crippen LogP contribution in [0.15, 0.2) is 0 Å². The van der Waals surface area contributed by atoms with Gasteiger partial charge in [0.2, 0.25) is 0 Å². The summed E-state index contributed by atoms with van der Waals surface area (Å²) in [4.78, 5) is 12.0. The predicted molar refractivity (Wildman–Crippen MR) is 73.1 cm³/mol. The standard InChI is InChI=1S/C14H27NO4/c1-15-14(13(16)18-3)8-4-6-12(14)7-11-19-10-5-9-17-2/h12,15H,4-11H2,1-3H3. The largest absolute Gasteiger partial charge is 0.468 e. The summed E-state index contributed by atoms with van der Waals surface area (Å²) in [7, 11) is 4.99. The molecule has 0 aliphatic heterocycles. The topological polar surface area (TPSA) is 56.8 Å². The second-order valence-electron chi connectivity index (χ2n) is 5.05. The van der Waals surface area contributed by atoms with Gasteiger partial charge in [-0.05, 0) is 38.6 Å². The zero-order chi connectivity index (χ0) is 14.1. The number of hydrogen-bond acceptors (Lipinski definition) is 5. The molecule has 0 bridgehead atoms. The molecule has 0 saturated heterocycles. The number of carbonyl (C=O) groups excluding carboxylic acids is 1. The van der Waals surface area contributed by atoms with E-state index in [2.05, 4.69) is 5.32 Å². The molecule has 2 unspecified atom stereocenters. The minimum Gasteiger partial charge on any atom is -0.468 e. The van der Waals surface area contributed by atoms with Gasteiger partial charge in [0.1, 0.15) is 5.54 Å². The molecule has 0 amide bonds. The van der Waals surface area contributed by atoms with Gasteiger partial charge in [0, 0.05) is 26.9 Å². The van der Waals surface area contributed by atoms with Gasteiger partial charge < -0.3 is 19.5 Å². The Hall–Kier alpha value is -0.650. The van der Waals surface area contributed by atoms with Crippen LogP contribution in [0.3, 0.4) is 0 Å². The number of hydrogen-bond donors (Lipinski definition) is 1. The molecule has 5 heteroatoms. The van der Waals surface area contributed by atoms with Gasteiger partial charge in [-0.3, -0.25) is 4.79 Å². The van der Waals surface area contributed by atoms with E-state index < -0.39 is 5.54 Å². The zero-order valence-electron chi connectivity index (χ0n) is 12.4. The third-order valence-corrected chi connectivity index (χ3v) is 4.06. The van der Waals surface area contributed by atoms with Crippen molar-refractivity contribution in [3.8, 4) is 0 Å². The van der Waals surface area contributed by atoms with E-state index in [1.165, 1.54) is 7.11 Å². The van der Waals surface area contributed by atoms with E-state index in [0.717, 1.165) is 38.7 Å². The lowest BCUT2D eigenvalue weighted by Gasteiger charge is -2.32. The van der Waals surface area contributed by atoms with Crippen LogP contribution in [0.4, 0.5) is 0 Å². The average molecular weight is 273 g/mol. The summed E-state index contributed by atoms with van der Waals surface area (Å²) in [5.41, 5.74) is -0.509. The van der Waals surface area contributed by atoms with Crippen LogP contribution in [0.1, 0.15) is 32.1 Å². The Balaban J connectivity index is 2.36. The van der Waals surface area contributed by atoms with Crippen molar-refractivity contribution >= 4 is 5.97 Å². The van der Waals surface area contributed by atoms with E-state index in [0.29, 0.717) is 19.1 Å². The smallest absolute Gasteiger partial charge is 0.326 e. The van der Waals surface area contributed by atoms with Crippen molar-refractivity contribution in [2.75, 3.05) is 41.1 Å². The van der Waals surface area contributed by atoms with Gasteiger partial charge in [0.05, 0.1) is 7.11 Å². The molecule has 5 nitrogen and oxygen atoms in total. The second-order valence-corrected chi connectivity index (χ2v) is 5.05. The Morgan fingerprint density at radius 3 is 2.74 bits per heavy atom. The molecule has 1 aliphatic rings. The Bertz CT molecular complexity index is 272. The van der Waals surface area contributed by atoms with Crippen LogP contribution in [0.5, 0.6) is 0 Å². The maximum Gasteiger partial charge on any atom is 0.326 e. The van der Waals surface area contributed by atoms with Gasteiger partial charge in [0.25, 0.3) is 0 Å². The number of esters is 1. The number of rotatable bonds is 9. The van der Waals surface area contributed by atoms with Gasteiger partial charge in [-0.25, -0.2) is 0 Å². The SMILES string of the molecule is CNC1(C(=O)OC)CCCC1CCOCCCOC. The highest BCUT2D eigenvalue weighted by Gasteiger charge is 2.48. The van der Waals surface area contributed by atoms with Crippen LogP contribution >= 0.6 is 0 Å². The van der Waals surface area contributed by atoms with E-state index in [9.17, 15) is 4.79 Å². The molecule has 1 aliphatic carbocycles. The summed E-state index contributed by atoms with van der Waals surface area (Å²) in [6.45, 7) is 2.13. The normalized spacial score (nSPS) is 26.6. The molecule has 0 aromatic heterocycles. The third-order valence-electron chi connectivity index (χ3n) is 4.06. The Labute approximate surface area is 116 Å². The molecule has 0 heterocycles. The van der Waals surface area contributed by atoms with Crippen molar-refractivity contribution in [2.45, 2.75) is 37.6 Å². The highest BCUT2D eigenvalue weighted by atomic mass is 16.5. The highest BCUT2D eigenvalue weighted by molar-refractivity contribution is 5.81. The molecule has 19 heavy (non-hydrogen) atoms. The average Bonchev–Trinajstić information content (AvgIpc) is 2.86. The lowest BCUT2D eigenvalue weighted by molar-refractivity contribution is -0.150. The van der Waals surface area contributed by atoms with Gasteiger partial charge >= 0.3 is 5.97 Å². The Morgan fingerprint density at radius 2 is 2.11 bits per heavy atom. The molecule has 2 atom stereocenters. The molecule has 112 valence electrons. The van der Waals surface area contributed by atoms with Crippen LogP contribution in [0.25, 0.3) is 0 Å². The van der Waals surface area contributed by atoms with E-state index >= 15 is 0 Å². The van der Waals surface area contributed by atoms with Gasteiger partial charge in [-0.15, -0.1) is 0 Å². The number of nitrogens with one attached hydrogen (secondary N) is 1. The van der Waals surface area contributed by atoms with Crippen molar-refractivity contribution in [2.24, 2.45) is 5.92 Å². The Kier molecular flexibility index (Phi) is 7.34. The molecule has 0 aromatic rings. The number of likely N-dealkylation sites (N-methyl/N-ethyl adjacent to an activating group) is 1. The molecule has 0 aromatic carbocycles. The molecular formula is C14H27NO4. The maximum absolute atomic E-state index is 12.0. The van der Waals surface area contributed by atoms with Crippen LogP contribution < -0.4 is 5.32 Å². The summed E-state index contributed by atoms with van der Waals surface area (Å²) in [6.07, 6.45) is 4.77. The monoisotopic (exact) mass is 273 g/mol. The second kappa shape index (κ2) is 8.51. The first-order valence-electron chi connectivity index (χ1n) is 7.05. The summed E-state index contributed by atoms with van der Waals surface area (Å²) < 4.78 is 15.5. The van der Waals surface area contributed by atoms with Crippen molar-refractivity contribution in [1.29, 1.82) is 0 Å². The number of carbonyl (C=O) groups is 1. The lowest BCUT2D eigenvalue weighted by Crippen LogP contribution is -2.54. The fraction of sp³-hybridized carbons (Fsp3) is 0.929. The van der Waals surface area contributed by atoms with Crippen molar-refractivity contribution < 1.29 is 19.0 Å². The molecule has 1 fully saturated rings. The summed E-state index contributed by atoms with van der Waals surface area (Å²) in [5.74, 6) is 0.157. The van der Waals surface area contributed by atoms with Crippen molar-refractivity contribution in [3.63, 3.8) is 0 Å². The van der Waals surface area contributed by atoms with Gasteiger partial charge in [-0.1, -0.05) is 6.42 Å². The van der Waals surface area contributed by atoms with Crippen molar-refractivity contribution in [3.05, 3.63) is 0 Å². The fourth-order valence-corrected chi connectivity index (χ4v) is 2.98. The van der Waals surface area contributed by atoms with E-state index in [-0.39, 0.29) is 5.97 Å². The first kappa shape index (κ1) is 16.4. The molecule has 0 radical (unpaired) electrons. The molecule has 1 saturated carbocycles. The Morgan fingerprint density at radius 1 is 1.32 bits per heavy atom. The lowest BCUT2D eigenvalue weighted by atomic mass is 9.85. The first-order valence-corrected chi connectivity index (χ1v) is 7.05. The first-order chi connectivity index (χ1) is 9.21. The van der Waals surface area contributed by atoms with Crippen LogP contribution in [0.2, 0.25) is 0 Å². The number of methoxy groups -OCH3 is 2. The van der Waals surface area contributed by atoms with Crippen LogP contribution in [-0.2, 0) is 19.0 Å². The van der Waals surface area contributed by atoms with Crippen LogP contribution in [-0.4, -0.2) is 52.6 Å². The van der Waals surface area contributed by atoms with E-state index in [4.69, 9.17) is 14.2 Å². The maximum atomic E-state index is 12.0. The molecule has 1 N–H and O–H groups in total. The van der Waals surface area contributed by atoms with E-state index in [1.807, 2.05) is 7.05 Å². The summed E-state index contributed by atoms with van der Waals surface area (Å²) in [5, 5.41) is 3.19. The fourth-order valence-electron chi connectivity index (χ4n) is 2.98. The van der Waals surface area contributed by atoms with Gasteiger partial charge in [-0.2, -0.15) is 0 Å². The minimum absolute atomic E-state index is 0.142. The summed E-state index contributed by atoms with van der Waals surface area (Å²) in [6, 6.07) is 0. The summed E-state index contributed by atoms with van der Waals surface area (Å²) >= 11 is 0. The van der Waals surface area contributed by atoms with Crippen molar-refractivity contribution in [1.82, 2.24) is 5.32 Å². The molecule has 0 spiro atoms. The minimum atomic E-state index is -0.509. The molecule has 1 rings (SSSR count). The quantitative estimate of drug-likeness (QED) is 0.508.